The van der Waals surface area contributed by atoms with E-state index < -0.39 is 6.09 Å². The molecule has 1 amide bonds. The quantitative estimate of drug-likeness (QED) is 0.623. The first-order chi connectivity index (χ1) is 14.1. The Balaban J connectivity index is 1.39. The summed E-state index contributed by atoms with van der Waals surface area (Å²) < 4.78 is 5.44. The smallest absolute Gasteiger partial charge is 0.410 e. The van der Waals surface area contributed by atoms with Crippen LogP contribution in [0, 0.1) is 0 Å². The number of anilines is 2. The molecular weight excluding hydrogens is 364 g/mol. The van der Waals surface area contributed by atoms with E-state index in [4.69, 9.17) is 4.74 Å². The lowest BCUT2D eigenvalue weighted by Crippen LogP contribution is -2.19. The summed E-state index contributed by atoms with van der Waals surface area (Å²) in [5.74, 6) is 0.502. The summed E-state index contributed by atoms with van der Waals surface area (Å²) >= 11 is 0. The second-order valence-electron chi connectivity index (χ2n) is 7.10. The third kappa shape index (κ3) is 4.46. The van der Waals surface area contributed by atoms with Crippen molar-refractivity contribution in [2.75, 3.05) is 16.8 Å². The molecule has 0 atom stereocenters. The number of carbonyl (C=O) groups is 2. The minimum atomic E-state index is -0.556. The molecule has 0 radical (unpaired) electrons. The van der Waals surface area contributed by atoms with Gasteiger partial charge >= 0.3 is 6.09 Å². The Morgan fingerprint density at radius 1 is 1.00 bits per heavy atom. The number of Topliss-reactive ketones (excluding diaryl/α,β-unsaturated/α-hetero) is 1. The van der Waals surface area contributed by atoms with E-state index in [1.165, 1.54) is 23.7 Å². The number of hydrogen-bond acceptors (Lipinski definition) is 4. The predicted molar refractivity (Wildman–Crippen MR) is 114 cm³/mol. The second-order valence-corrected chi connectivity index (χ2v) is 7.10. The summed E-state index contributed by atoms with van der Waals surface area (Å²) in [7, 11) is 0. The number of ether oxygens (including phenoxy) is 1. The van der Waals surface area contributed by atoms with Gasteiger partial charge in [-0.1, -0.05) is 30.3 Å². The Labute approximate surface area is 169 Å². The zero-order valence-corrected chi connectivity index (χ0v) is 16.2. The summed E-state index contributed by atoms with van der Waals surface area (Å²) in [6, 6.07) is 22.9. The molecule has 3 aromatic carbocycles. The van der Waals surface area contributed by atoms with Gasteiger partial charge in [0.25, 0.3) is 0 Å². The van der Waals surface area contributed by atoms with Gasteiger partial charge in [0.05, 0.1) is 0 Å². The van der Waals surface area contributed by atoms with Gasteiger partial charge in [-0.25, -0.2) is 4.79 Å². The number of rotatable bonds is 5. The summed E-state index contributed by atoms with van der Waals surface area (Å²) in [4.78, 5) is 25.9. The maximum absolute atomic E-state index is 12.2. The number of carbonyl (C=O) groups excluding carboxylic acids is 2. The van der Waals surface area contributed by atoms with E-state index in [9.17, 15) is 9.59 Å². The van der Waals surface area contributed by atoms with Crippen molar-refractivity contribution >= 4 is 23.3 Å². The molecule has 0 spiro atoms. The van der Waals surface area contributed by atoms with Gasteiger partial charge in [-0.3, -0.25) is 10.1 Å². The largest absolute Gasteiger partial charge is 0.417 e. The van der Waals surface area contributed by atoms with Gasteiger partial charge in [0, 0.05) is 30.0 Å². The summed E-state index contributed by atoms with van der Waals surface area (Å²) in [5, 5.41) is 2.68. The third-order valence-corrected chi connectivity index (χ3v) is 5.01. The summed E-state index contributed by atoms with van der Waals surface area (Å²) in [5.41, 5.74) is 4.81. The minimum absolute atomic E-state index is 0.0152. The molecule has 0 unspecified atom stereocenters. The van der Waals surface area contributed by atoms with Gasteiger partial charge in [-0.15, -0.1) is 0 Å². The van der Waals surface area contributed by atoms with Crippen LogP contribution >= 0.6 is 0 Å². The van der Waals surface area contributed by atoms with Gasteiger partial charge in [-0.2, -0.15) is 0 Å². The molecule has 146 valence electrons. The van der Waals surface area contributed by atoms with Crippen LogP contribution in [-0.2, 0) is 13.0 Å². The number of hydrogen-bond donors (Lipinski definition) is 1. The zero-order valence-electron chi connectivity index (χ0n) is 16.2. The number of benzene rings is 3. The Morgan fingerprint density at radius 3 is 2.48 bits per heavy atom. The molecule has 5 heteroatoms. The lowest BCUT2D eigenvalue weighted by Gasteiger charge is -2.19. The molecule has 4 rings (SSSR count). The molecule has 1 aliphatic rings. The fourth-order valence-electron chi connectivity index (χ4n) is 3.52. The van der Waals surface area contributed by atoms with Crippen LogP contribution in [-0.4, -0.2) is 18.4 Å². The number of ketones is 1. The molecule has 29 heavy (non-hydrogen) atoms. The topological polar surface area (TPSA) is 58.6 Å². The maximum Gasteiger partial charge on any atom is 0.417 e. The van der Waals surface area contributed by atoms with Crippen molar-refractivity contribution in [2.24, 2.45) is 0 Å². The fourth-order valence-corrected chi connectivity index (χ4v) is 3.52. The highest BCUT2D eigenvalue weighted by molar-refractivity contribution is 5.95. The van der Waals surface area contributed by atoms with Crippen molar-refractivity contribution in [3.8, 4) is 5.75 Å². The average molecular weight is 386 g/mol. The van der Waals surface area contributed by atoms with Crippen LogP contribution in [0.15, 0.2) is 72.8 Å². The van der Waals surface area contributed by atoms with Crippen molar-refractivity contribution in [1.29, 1.82) is 0 Å². The molecule has 3 aromatic rings. The SMILES string of the molecule is CC(=O)c1ccc(NC(=O)Oc2ccc3c(c2)CCN3Cc2ccccc2)cc1. The Kier molecular flexibility index (Phi) is 5.29. The lowest BCUT2D eigenvalue weighted by molar-refractivity contribution is 0.101. The highest BCUT2D eigenvalue weighted by Crippen LogP contribution is 2.32. The van der Waals surface area contributed by atoms with Crippen molar-refractivity contribution in [3.63, 3.8) is 0 Å². The van der Waals surface area contributed by atoms with Gasteiger partial charge in [-0.05, 0) is 66.9 Å². The molecule has 0 aliphatic carbocycles. The van der Waals surface area contributed by atoms with Crippen LogP contribution in [0.25, 0.3) is 0 Å². The molecule has 0 saturated carbocycles. The second kappa shape index (κ2) is 8.19. The zero-order chi connectivity index (χ0) is 20.2. The van der Waals surface area contributed by atoms with Gasteiger partial charge in [0.15, 0.2) is 5.78 Å². The van der Waals surface area contributed by atoms with Crippen LogP contribution in [0.2, 0.25) is 0 Å². The van der Waals surface area contributed by atoms with Gasteiger partial charge in [0.1, 0.15) is 5.75 Å². The highest BCUT2D eigenvalue weighted by Gasteiger charge is 2.20. The summed E-state index contributed by atoms with van der Waals surface area (Å²) in [6.45, 7) is 3.32. The van der Waals surface area contributed by atoms with Gasteiger partial charge in [0.2, 0.25) is 0 Å². The highest BCUT2D eigenvalue weighted by atomic mass is 16.6. The van der Waals surface area contributed by atoms with Crippen molar-refractivity contribution in [2.45, 2.75) is 19.9 Å². The van der Waals surface area contributed by atoms with E-state index in [1.807, 2.05) is 24.3 Å². The molecule has 0 bridgehead atoms. The van der Waals surface area contributed by atoms with E-state index in [0.29, 0.717) is 17.0 Å². The maximum atomic E-state index is 12.2. The summed E-state index contributed by atoms with van der Waals surface area (Å²) in [6.07, 6.45) is 0.368. The Morgan fingerprint density at radius 2 is 1.76 bits per heavy atom. The van der Waals surface area contributed by atoms with Crippen LogP contribution in [0.1, 0.15) is 28.4 Å². The molecule has 1 heterocycles. The minimum Gasteiger partial charge on any atom is -0.410 e. The number of nitrogens with zero attached hydrogens (tertiary/aromatic N) is 1. The monoisotopic (exact) mass is 386 g/mol. The molecule has 0 fully saturated rings. The Bertz CT molecular complexity index is 1030. The first-order valence-corrected chi connectivity index (χ1v) is 9.60. The number of fused-ring (bicyclic) bond motifs is 1. The van der Waals surface area contributed by atoms with E-state index in [-0.39, 0.29) is 5.78 Å². The van der Waals surface area contributed by atoms with Gasteiger partial charge < -0.3 is 9.64 Å². The number of nitrogens with one attached hydrogen (secondary N) is 1. The first kappa shape index (κ1) is 18.7. The Hall–Kier alpha value is -3.60. The molecule has 0 saturated heterocycles. The van der Waals surface area contributed by atoms with Crippen LogP contribution < -0.4 is 15.0 Å². The fraction of sp³-hybridized carbons (Fsp3) is 0.167. The van der Waals surface area contributed by atoms with E-state index in [1.54, 1.807) is 24.3 Å². The molecule has 1 aliphatic heterocycles. The van der Waals surface area contributed by atoms with Crippen molar-refractivity contribution in [3.05, 3.63) is 89.5 Å². The molecule has 5 nitrogen and oxygen atoms in total. The van der Waals surface area contributed by atoms with Crippen molar-refractivity contribution in [1.82, 2.24) is 0 Å². The average Bonchev–Trinajstić information content (AvgIpc) is 3.11. The van der Waals surface area contributed by atoms with E-state index >= 15 is 0 Å². The van der Waals surface area contributed by atoms with Crippen LogP contribution in [0.5, 0.6) is 5.75 Å². The predicted octanol–water partition coefficient (Wildman–Crippen LogP) is 5.06. The number of amides is 1. The molecule has 1 N–H and O–H groups in total. The van der Waals surface area contributed by atoms with E-state index in [0.717, 1.165) is 19.5 Å². The normalized spacial score (nSPS) is 12.4. The van der Waals surface area contributed by atoms with E-state index in [2.05, 4.69) is 34.5 Å². The van der Waals surface area contributed by atoms with Crippen molar-refractivity contribution < 1.29 is 14.3 Å². The molecular formula is C24H22N2O3. The first-order valence-electron chi connectivity index (χ1n) is 9.60. The van der Waals surface area contributed by atoms with Crippen LogP contribution in [0.3, 0.4) is 0 Å². The standard InChI is InChI=1S/C24H22N2O3/c1-17(27)19-7-9-21(10-8-19)25-24(28)29-22-11-12-23-20(15-22)13-14-26(23)16-18-5-3-2-4-6-18/h2-12,15H,13-14,16H2,1H3,(H,25,28). The van der Waals surface area contributed by atoms with Crippen LogP contribution in [0.4, 0.5) is 16.2 Å². The third-order valence-electron chi connectivity index (χ3n) is 5.01. The lowest BCUT2D eigenvalue weighted by atomic mass is 10.1. The molecule has 0 aromatic heterocycles.